The van der Waals surface area contributed by atoms with Crippen LogP contribution in [0.4, 0.5) is 0 Å². The standard InChI is InChI=1S/C14H16BrNO/c1-10-7-12(15)13(16)8-14(10)17-9-11-5-3-2-4-6-11/h2-8,10,14H,9,16H2,1H3. The fourth-order valence-corrected chi connectivity index (χ4v) is 2.35. The summed E-state index contributed by atoms with van der Waals surface area (Å²) in [6, 6.07) is 10.2. The van der Waals surface area contributed by atoms with Crippen LogP contribution < -0.4 is 5.73 Å². The van der Waals surface area contributed by atoms with E-state index in [-0.39, 0.29) is 6.10 Å². The normalized spacial score (nSPS) is 24.1. The molecule has 0 fully saturated rings. The van der Waals surface area contributed by atoms with E-state index in [4.69, 9.17) is 10.5 Å². The molecule has 0 heterocycles. The highest BCUT2D eigenvalue weighted by molar-refractivity contribution is 9.12. The first kappa shape index (κ1) is 12.4. The van der Waals surface area contributed by atoms with Crippen molar-refractivity contribution in [3.8, 4) is 0 Å². The molecule has 2 N–H and O–H groups in total. The molecule has 1 aromatic carbocycles. The van der Waals surface area contributed by atoms with E-state index in [0.29, 0.717) is 12.5 Å². The third-order valence-electron chi connectivity index (χ3n) is 2.83. The molecule has 1 aliphatic carbocycles. The van der Waals surface area contributed by atoms with Crippen molar-refractivity contribution in [3.05, 3.63) is 58.2 Å². The first-order chi connectivity index (χ1) is 8.16. The van der Waals surface area contributed by atoms with Gasteiger partial charge in [0.2, 0.25) is 0 Å². The predicted octanol–water partition coefficient (Wildman–Crippen LogP) is 3.34. The fourth-order valence-electron chi connectivity index (χ4n) is 1.80. The minimum atomic E-state index is 0.0523. The van der Waals surface area contributed by atoms with Gasteiger partial charge in [-0.3, -0.25) is 0 Å². The molecule has 0 radical (unpaired) electrons. The summed E-state index contributed by atoms with van der Waals surface area (Å²) in [6.45, 7) is 2.74. The summed E-state index contributed by atoms with van der Waals surface area (Å²) in [5.41, 5.74) is 7.80. The van der Waals surface area contributed by atoms with Crippen molar-refractivity contribution in [2.45, 2.75) is 19.6 Å². The molecule has 1 aromatic rings. The molecule has 0 saturated carbocycles. The van der Waals surface area contributed by atoms with E-state index in [1.807, 2.05) is 24.3 Å². The Morgan fingerprint density at radius 2 is 1.94 bits per heavy atom. The van der Waals surface area contributed by atoms with Gasteiger partial charge in [-0.25, -0.2) is 0 Å². The lowest BCUT2D eigenvalue weighted by Gasteiger charge is -2.24. The van der Waals surface area contributed by atoms with Crippen LogP contribution in [0, 0.1) is 5.92 Å². The Bertz CT molecular complexity index is 439. The molecule has 3 heteroatoms. The number of ether oxygens (including phenoxy) is 1. The van der Waals surface area contributed by atoms with E-state index in [9.17, 15) is 0 Å². The molecule has 0 aliphatic heterocycles. The Hall–Kier alpha value is -1.06. The molecule has 1 aliphatic rings. The molecular formula is C14H16BrNO. The van der Waals surface area contributed by atoms with Crippen LogP contribution in [-0.2, 0) is 11.3 Å². The maximum atomic E-state index is 5.88. The molecule has 0 aromatic heterocycles. The number of allylic oxidation sites excluding steroid dienone is 1. The number of benzene rings is 1. The Morgan fingerprint density at radius 1 is 1.24 bits per heavy atom. The zero-order valence-corrected chi connectivity index (χ0v) is 11.4. The minimum Gasteiger partial charge on any atom is -0.398 e. The van der Waals surface area contributed by atoms with Crippen LogP contribution in [0.3, 0.4) is 0 Å². The quantitative estimate of drug-likeness (QED) is 0.928. The van der Waals surface area contributed by atoms with Crippen LogP contribution in [0.5, 0.6) is 0 Å². The second kappa shape index (κ2) is 5.52. The van der Waals surface area contributed by atoms with Gasteiger partial charge in [-0.05, 0) is 27.6 Å². The Labute approximate surface area is 110 Å². The molecule has 0 spiro atoms. The van der Waals surface area contributed by atoms with Gasteiger partial charge in [-0.15, -0.1) is 0 Å². The molecule has 2 rings (SSSR count). The number of hydrogen-bond donors (Lipinski definition) is 1. The average molecular weight is 294 g/mol. The summed E-state index contributed by atoms with van der Waals surface area (Å²) >= 11 is 3.43. The SMILES string of the molecule is CC1C=C(Br)C(N)=CC1OCc1ccccc1. The Balaban J connectivity index is 1.97. The van der Waals surface area contributed by atoms with Crippen molar-refractivity contribution in [1.29, 1.82) is 0 Å². The third-order valence-corrected chi connectivity index (χ3v) is 3.55. The van der Waals surface area contributed by atoms with Crippen molar-refractivity contribution in [2.75, 3.05) is 0 Å². The van der Waals surface area contributed by atoms with Gasteiger partial charge in [0.1, 0.15) is 0 Å². The second-order valence-electron chi connectivity index (χ2n) is 4.26. The molecular weight excluding hydrogens is 278 g/mol. The molecule has 2 nitrogen and oxygen atoms in total. The van der Waals surface area contributed by atoms with E-state index in [1.54, 1.807) is 0 Å². The van der Waals surface area contributed by atoms with Gasteiger partial charge < -0.3 is 10.5 Å². The van der Waals surface area contributed by atoms with Crippen LogP contribution in [0.25, 0.3) is 0 Å². The van der Waals surface area contributed by atoms with Crippen molar-refractivity contribution in [2.24, 2.45) is 11.7 Å². The summed E-state index contributed by atoms with van der Waals surface area (Å²) in [6.07, 6.45) is 4.11. The zero-order valence-electron chi connectivity index (χ0n) is 9.77. The minimum absolute atomic E-state index is 0.0523. The van der Waals surface area contributed by atoms with Crippen LogP contribution in [0.2, 0.25) is 0 Å². The van der Waals surface area contributed by atoms with Gasteiger partial charge in [0, 0.05) is 16.1 Å². The largest absolute Gasteiger partial charge is 0.398 e. The lowest BCUT2D eigenvalue weighted by molar-refractivity contribution is 0.0485. The summed E-state index contributed by atoms with van der Waals surface area (Å²) in [5.74, 6) is 0.334. The topological polar surface area (TPSA) is 35.2 Å². The zero-order chi connectivity index (χ0) is 12.3. The Kier molecular flexibility index (Phi) is 4.02. The van der Waals surface area contributed by atoms with Crippen LogP contribution in [-0.4, -0.2) is 6.10 Å². The first-order valence-electron chi connectivity index (χ1n) is 5.67. The maximum absolute atomic E-state index is 5.88. The summed E-state index contributed by atoms with van der Waals surface area (Å²) in [7, 11) is 0. The van der Waals surface area contributed by atoms with Crippen molar-refractivity contribution >= 4 is 15.9 Å². The van der Waals surface area contributed by atoms with Crippen LogP contribution in [0.1, 0.15) is 12.5 Å². The van der Waals surface area contributed by atoms with Gasteiger partial charge >= 0.3 is 0 Å². The third kappa shape index (κ3) is 3.20. The molecule has 0 amide bonds. The lowest BCUT2D eigenvalue weighted by Crippen LogP contribution is -2.23. The Morgan fingerprint density at radius 3 is 2.65 bits per heavy atom. The lowest BCUT2D eigenvalue weighted by atomic mass is 9.98. The monoisotopic (exact) mass is 293 g/mol. The first-order valence-corrected chi connectivity index (χ1v) is 6.46. The van der Waals surface area contributed by atoms with E-state index in [0.717, 1.165) is 10.2 Å². The van der Waals surface area contributed by atoms with Gasteiger partial charge in [-0.2, -0.15) is 0 Å². The van der Waals surface area contributed by atoms with Crippen molar-refractivity contribution < 1.29 is 4.74 Å². The summed E-state index contributed by atoms with van der Waals surface area (Å²) < 4.78 is 6.84. The molecule has 90 valence electrons. The van der Waals surface area contributed by atoms with Crippen LogP contribution >= 0.6 is 15.9 Å². The van der Waals surface area contributed by atoms with Crippen molar-refractivity contribution in [3.63, 3.8) is 0 Å². The molecule has 2 atom stereocenters. The van der Waals surface area contributed by atoms with E-state index >= 15 is 0 Å². The predicted molar refractivity (Wildman–Crippen MR) is 73.5 cm³/mol. The highest BCUT2D eigenvalue weighted by atomic mass is 79.9. The van der Waals surface area contributed by atoms with E-state index in [2.05, 4.69) is 41.1 Å². The summed E-state index contributed by atoms with van der Waals surface area (Å²) in [5, 5.41) is 0. The van der Waals surface area contributed by atoms with Crippen LogP contribution in [0.15, 0.2) is 52.7 Å². The van der Waals surface area contributed by atoms with Gasteiger partial charge in [-0.1, -0.05) is 43.3 Å². The van der Waals surface area contributed by atoms with E-state index in [1.165, 1.54) is 5.56 Å². The highest BCUT2D eigenvalue weighted by Crippen LogP contribution is 2.26. The fraction of sp³-hybridized carbons (Fsp3) is 0.286. The molecule has 2 unspecified atom stereocenters. The molecule has 17 heavy (non-hydrogen) atoms. The van der Waals surface area contributed by atoms with E-state index < -0.39 is 0 Å². The number of nitrogens with two attached hydrogens (primary N) is 1. The summed E-state index contributed by atoms with van der Waals surface area (Å²) in [4.78, 5) is 0. The molecule has 0 saturated heterocycles. The highest BCUT2D eigenvalue weighted by Gasteiger charge is 2.19. The van der Waals surface area contributed by atoms with Gasteiger partial charge in [0.25, 0.3) is 0 Å². The smallest absolute Gasteiger partial charge is 0.0843 e. The number of halogens is 1. The number of hydrogen-bond acceptors (Lipinski definition) is 2. The number of rotatable bonds is 3. The van der Waals surface area contributed by atoms with Gasteiger partial charge in [0.15, 0.2) is 0 Å². The second-order valence-corrected chi connectivity index (χ2v) is 5.11. The van der Waals surface area contributed by atoms with Gasteiger partial charge in [0.05, 0.1) is 12.7 Å². The molecule has 0 bridgehead atoms. The average Bonchev–Trinajstić information content (AvgIpc) is 2.33. The maximum Gasteiger partial charge on any atom is 0.0843 e. The van der Waals surface area contributed by atoms with Crippen molar-refractivity contribution in [1.82, 2.24) is 0 Å².